The SMILES string of the molecule is CCN(CC)S(=O)(=O)c1cccc(-c2nnc(SCC(=O)Nc3cc(S(=O)(=O)N(C)C)ccc3C)n2[C@H](C)COC)c1. The highest BCUT2D eigenvalue weighted by Gasteiger charge is 2.25. The molecule has 2 aromatic carbocycles. The van der Waals surface area contributed by atoms with Crippen LogP contribution in [0.4, 0.5) is 5.69 Å². The van der Waals surface area contributed by atoms with Crippen LogP contribution in [0.15, 0.2) is 57.4 Å². The average molecular weight is 639 g/mol. The van der Waals surface area contributed by atoms with Gasteiger partial charge in [-0.1, -0.05) is 43.8 Å². The zero-order chi connectivity index (χ0) is 31.2. The Morgan fingerprint density at radius 1 is 1.02 bits per heavy atom. The summed E-state index contributed by atoms with van der Waals surface area (Å²) in [6.45, 7) is 8.30. The van der Waals surface area contributed by atoms with Crippen LogP contribution in [0.2, 0.25) is 0 Å². The van der Waals surface area contributed by atoms with Crippen LogP contribution in [0.5, 0.6) is 0 Å². The van der Waals surface area contributed by atoms with Crippen LogP contribution in [-0.2, 0) is 29.6 Å². The number of aryl methyl sites for hydroxylation is 1. The highest BCUT2D eigenvalue weighted by molar-refractivity contribution is 7.99. The van der Waals surface area contributed by atoms with E-state index in [0.29, 0.717) is 47.5 Å². The monoisotopic (exact) mass is 638 g/mol. The van der Waals surface area contributed by atoms with Gasteiger partial charge in [-0.05, 0) is 43.7 Å². The van der Waals surface area contributed by atoms with Crippen LogP contribution in [-0.4, -0.2) is 92.8 Å². The quantitative estimate of drug-likeness (QED) is 0.263. The van der Waals surface area contributed by atoms with Crippen molar-refractivity contribution in [3.05, 3.63) is 48.0 Å². The first kappa shape index (κ1) is 33.7. The van der Waals surface area contributed by atoms with Crippen LogP contribution in [0.25, 0.3) is 11.4 Å². The number of rotatable bonds is 14. The Balaban J connectivity index is 1.89. The number of carbonyl (C=O) groups is 1. The number of nitrogens with one attached hydrogen (secondary N) is 1. The molecule has 1 atom stereocenters. The van der Waals surface area contributed by atoms with E-state index in [-0.39, 0.29) is 27.5 Å². The lowest BCUT2D eigenvalue weighted by atomic mass is 10.2. The van der Waals surface area contributed by atoms with Gasteiger partial charge in [0.25, 0.3) is 0 Å². The predicted molar refractivity (Wildman–Crippen MR) is 164 cm³/mol. The van der Waals surface area contributed by atoms with E-state index >= 15 is 0 Å². The Hall–Kier alpha value is -2.82. The Labute approximate surface area is 252 Å². The Bertz CT molecular complexity index is 1620. The van der Waals surface area contributed by atoms with Gasteiger partial charge in [0.1, 0.15) is 0 Å². The Kier molecular flexibility index (Phi) is 11.3. The van der Waals surface area contributed by atoms with Gasteiger partial charge in [0.15, 0.2) is 11.0 Å². The number of anilines is 1. The van der Waals surface area contributed by atoms with Crippen molar-refractivity contribution >= 4 is 43.4 Å². The zero-order valence-electron chi connectivity index (χ0n) is 24.9. The molecular formula is C27H38N6O6S3. The molecule has 230 valence electrons. The summed E-state index contributed by atoms with van der Waals surface area (Å²) < 4.78 is 61.1. The van der Waals surface area contributed by atoms with Gasteiger partial charge in [-0.15, -0.1) is 10.2 Å². The van der Waals surface area contributed by atoms with Crippen LogP contribution in [0, 0.1) is 6.92 Å². The number of carbonyl (C=O) groups excluding carboxylic acids is 1. The zero-order valence-corrected chi connectivity index (χ0v) is 27.3. The van der Waals surface area contributed by atoms with E-state index < -0.39 is 20.0 Å². The van der Waals surface area contributed by atoms with Crippen LogP contribution in [0.1, 0.15) is 32.4 Å². The largest absolute Gasteiger partial charge is 0.383 e. The molecule has 0 bridgehead atoms. The van der Waals surface area contributed by atoms with E-state index in [1.54, 1.807) is 58.2 Å². The summed E-state index contributed by atoms with van der Waals surface area (Å²) in [4.78, 5) is 13.2. The maximum Gasteiger partial charge on any atom is 0.243 e. The van der Waals surface area contributed by atoms with Gasteiger partial charge in [-0.3, -0.25) is 9.36 Å². The highest BCUT2D eigenvalue weighted by Crippen LogP contribution is 2.30. The van der Waals surface area contributed by atoms with Crippen LogP contribution < -0.4 is 5.32 Å². The molecule has 1 heterocycles. The summed E-state index contributed by atoms with van der Waals surface area (Å²) in [5.74, 6) is 0.0555. The maximum absolute atomic E-state index is 13.1. The number of hydrogen-bond donors (Lipinski definition) is 1. The lowest BCUT2D eigenvalue weighted by Gasteiger charge is -2.20. The molecule has 0 saturated heterocycles. The molecule has 1 amide bonds. The minimum Gasteiger partial charge on any atom is -0.383 e. The van der Waals surface area contributed by atoms with Crippen molar-refractivity contribution in [2.75, 3.05) is 52.0 Å². The molecule has 12 nitrogen and oxygen atoms in total. The minimum atomic E-state index is -3.69. The molecule has 3 rings (SSSR count). The normalized spacial score (nSPS) is 13.1. The first-order chi connectivity index (χ1) is 19.8. The molecule has 0 fully saturated rings. The lowest BCUT2D eigenvalue weighted by Crippen LogP contribution is -2.30. The molecule has 0 spiro atoms. The third-order valence-electron chi connectivity index (χ3n) is 6.54. The summed E-state index contributed by atoms with van der Waals surface area (Å²) in [6.07, 6.45) is 0. The fraction of sp³-hybridized carbons (Fsp3) is 0.444. The number of ether oxygens (including phenoxy) is 1. The first-order valence-corrected chi connectivity index (χ1v) is 17.1. The van der Waals surface area contributed by atoms with E-state index in [1.807, 2.05) is 11.5 Å². The van der Waals surface area contributed by atoms with E-state index in [9.17, 15) is 21.6 Å². The van der Waals surface area contributed by atoms with Crippen molar-refractivity contribution in [2.24, 2.45) is 0 Å². The van der Waals surface area contributed by atoms with Gasteiger partial charge in [0.05, 0.1) is 28.2 Å². The van der Waals surface area contributed by atoms with Crippen LogP contribution >= 0.6 is 11.8 Å². The van der Waals surface area contributed by atoms with Crippen LogP contribution in [0.3, 0.4) is 0 Å². The van der Waals surface area contributed by atoms with Crippen molar-refractivity contribution in [1.29, 1.82) is 0 Å². The molecule has 0 aliphatic carbocycles. The van der Waals surface area contributed by atoms with Crippen molar-refractivity contribution in [3.63, 3.8) is 0 Å². The smallest absolute Gasteiger partial charge is 0.243 e. The fourth-order valence-electron chi connectivity index (χ4n) is 4.22. The molecule has 15 heteroatoms. The summed E-state index contributed by atoms with van der Waals surface area (Å²) in [7, 11) is -2.89. The second-order valence-electron chi connectivity index (χ2n) is 9.70. The van der Waals surface area contributed by atoms with E-state index in [0.717, 1.165) is 16.1 Å². The third kappa shape index (κ3) is 7.38. The number of methoxy groups -OCH3 is 1. The number of hydrogen-bond acceptors (Lipinski definition) is 9. The molecule has 0 aliphatic rings. The molecule has 3 aromatic rings. The fourth-order valence-corrected chi connectivity index (χ4v) is 7.49. The molecule has 0 unspecified atom stereocenters. The Morgan fingerprint density at radius 3 is 2.31 bits per heavy atom. The number of amides is 1. The predicted octanol–water partition coefficient (Wildman–Crippen LogP) is 3.47. The second kappa shape index (κ2) is 14.1. The van der Waals surface area contributed by atoms with Crippen molar-refractivity contribution in [3.8, 4) is 11.4 Å². The first-order valence-electron chi connectivity index (χ1n) is 13.3. The van der Waals surface area contributed by atoms with Gasteiger partial charge in [0.2, 0.25) is 26.0 Å². The number of thioether (sulfide) groups is 1. The van der Waals surface area contributed by atoms with Crippen molar-refractivity contribution < 1.29 is 26.4 Å². The Morgan fingerprint density at radius 2 is 1.69 bits per heavy atom. The molecular weight excluding hydrogens is 601 g/mol. The van der Waals surface area contributed by atoms with Gasteiger partial charge in [-0.25, -0.2) is 21.1 Å². The van der Waals surface area contributed by atoms with Gasteiger partial charge in [-0.2, -0.15) is 4.31 Å². The van der Waals surface area contributed by atoms with Gasteiger partial charge in [0, 0.05) is 45.5 Å². The molecule has 1 N–H and O–H groups in total. The molecule has 0 radical (unpaired) electrons. The number of benzene rings is 2. The minimum absolute atomic E-state index is 0.0295. The summed E-state index contributed by atoms with van der Waals surface area (Å²) >= 11 is 1.16. The average Bonchev–Trinajstić information content (AvgIpc) is 3.38. The van der Waals surface area contributed by atoms with Gasteiger partial charge >= 0.3 is 0 Å². The standard InChI is InChI=1S/C27H38N6O6S3/c1-8-32(9-2)42(37,38)22-12-10-11-21(15-22)26-29-30-27(33(26)20(4)17-39-7)40-18-25(34)28-24-16-23(14-13-19(24)3)41(35,36)31(5)6/h10-16,20H,8-9,17-18H2,1-7H3,(H,28,34)/t20-/m1/s1. The molecule has 1 aromatic heterocycles. The van der Waals surface area contributed by atoms with E-state index in [2.05, 4.69) is 15.5 Å². The number of aromatic nitrogens is 3. The topological polar surface area (TPSA) is 144 Å². The van der Waals surface area contributed by atoms with Crippen molar-refractivity contribution in [2.45, 2.75) is 48.7 Å². The summed E-state index contributed by atoms with van der Waals surface area (Å²) in [5.41, 5.74) is 1.67. The van der Waals surface area contributed by atoms with E-state index in [1.165, 1.54) is 30.5 Å². The summed E-state index contributed by atoms with van der Waals surface area (Å²) in [6, 6.07) is 10.9. The molecule has 0 saturated carbocycles. The number of sulfonamides is 2. The van der Waals surface area contributed by atoms with Gasteiger partial charge < -0.3 is 10.1 Å². The molecule has 42 heavy (non-hydrogen) atoms. The van der Waals surface area contributed by atoms with Crippen molar-refractivity contribution in [1.82, 2.24) is 23.4 Å². The highest BCUT2D eigenvalue weighted by atomic mass is 32.2. The summed E-state index contributed by atoms with van der Waals surface area (Å²) in [5, 5.41) is 11.9. The maximum atomic E-state index is 13.1. The van der Waals surface area contributed by atoms with E-state index in [4.69, 9.17) is 4.74 Å². The third-order valence-corrected chi connectivity index (χ3v) is 11.3. The number of nitrogens with zero attached hydrogens (tertiary/aromatic N) is 5. The molecule has 0 aliphatic heterocycles. The lowest BCUT2D eigenvalue weighted by molar-refractivity contribution is -0.113. The second-order valence-corrected chi connectivity index (χ2v) is 14.7.